The first kappa shape index (κ1) is 14.6. The van der Waals surface area contributed by atoms with Gasteiger partial charge in [0, 0.05) is 37.9 Å². The average molecular weight is 256 g/mol. The molecule has 4 heteroatoms. The van der Waals surface area contributed by atoms with Crippen LogP contribution >= 0.6 is 11.3 Å². The van der Waals surface area contributed by atoms with Crippen molar-refractivity contribution in [3.63, 3.8) is 0 Å². The van der Waals surface area contributed by atoms with Gasteiger partial charge in [-0.1, -0.05) is 20.8 Å². The first-order chi connectivity index (χ1) is 8.07. The highest BCUT2D eigenvalue weighted by Crippen LogP contribution is 2.19. The summed E-state index contributed by atoms with van der Waals surface area (Å²) in [5.74, 6) is 0. The molecule has 98 valence electrons. The average Bonchev–Trinajstić information content (AvgIpc) is 2.74. The Balaban J connectivity index is 2.26. The van der Waals surface area contributed by atoms with Crippen molar-refractivity contribution in [1.29, 1.82) is 0 Å². The number of hydrogen-bond acceptors (Lipinski definition) is 4. The zero-order chi connectivity index (χ0) is 12.7. The maximum atomic E-state index is 5.12. The minimum Gasteiger partial charge on any atom is -0.385 e. The molecule has 0 unspecified atom stereocenters. The maximum absolute atomic E-state index is 5.12. The molecule has 0 radical (unpaired) electrons. The molecule has 1 heterocycles. The van der Waals surface area contributed by atoms with Crippen molar-refractivity contribution < 1.29 is 4.74 Å². The van der Waals surface area contributed by atoms with Crippen LogP contribution in [-0.2, 0) is 17.7 Å². The molecular formula is C13H24N2OS. The van der Waals surface area contributed by atoms with Gasteiger partial charge in [-0.25, -0.2) is 4.98 Å². The van der Waals surface area contributed by atoms with E-state index in [1.54, 1.807) is 18.4 Å². The van der Waals surface area contributed by atoms with Gasteiger partial charge in [0.2, 0.25) is 0 Å². The van der Waals surface area contributed by atoms with Crippen molar-refractivity contribution in [1.82, 2.24) is 10.3 Å². The van der Waals surface area contributed by atoms with Crippen molar-refractivity contribution in [3.8, 4) is 0 Å². The highest BCUT2D eigenvalue weighted by Gasteiger charge is 2.16. The van der Waals surface area contributed by atoms with Crippen molar-refractivity contribution >= 4 is 11.3 Å². The number of nitrogens with zero attached hydrogens (tertiary/aromatic N) is 1. The summed E-state index contributed by atoms with van der Waals surface area (Å²) in [6, 6.07) is 0. The van der Waals surface area contributed by atoms with Crippen LogP contribution in [0.15, 0.2) is 6.20 Å². The van der Waals surface area contributed by atoms with Crippen LogP contribution in [0.25, 0.3) is 0 Å². The van der Waals surface area contributed by atoms with Crippen LogP contribution in [0.1, 0.15) is 37.1 Å². The Kier molecular flexibility index (Phi) is 6.09. The topological polar surface area (TPSA) is 34.2 Å². The van der Waals surface area contributed by atoms with E-state index >= 15 is 0 Å². The molecule has 0 aliphatic carbocycles. The molecule has 0 fully saturated rings. The molecule has 1 aromatic rings. The number of rotatable bonds is 8. The van der Waals surface area contributed by atoms with E-state index in [-0.39, 0.29) is 5.41 Å². The smallest absolute Gasteiger partial charge is 0.0925 e. The van der Waals surface area contributed by atoms with Crippen LogP contribution in [0, 0.1) is 5.41 Å². The monoisotopic (exact) mass is 256 g/mol. The standard InChI is InChI=1S/C13H24N2OS/c1-5-12-15-9-11(17-12)8-14-10-13(2,3)6-7-16-4/h9,14H,5-8,10H2,1-4H3. The highest BCUT2D eigenvalue weighted by molar-refractivity contribution is 7.11. The normalized spacial score (nSPS) is 12.0. The molecule has 0 aliphatic rings. The molecule has 1 N–H and O–H groups in total. The molecule has 1 aromatic heterocycles. The molecule has 0 bridgehead atoms. The predicted octanol–water partition coefficient (Wildman–Crippen LogP) is 2.86. The summed E-state index contributed by atoms with van der Waals surface area (Å²) >= 11 is 1.80. The molecule has 0 spiro atoms. The molecule has 0 saturated carbocycles. The van der Waals surface area contributed by atoms with Crippen molar-refractivity contribution in [3.05, 3.63) is 16.1 Å². The van der Waals surface area contributed by atoms with E-state index in [2.05, 4.69) is 31.1 Å². The number of aromatic nitrogens is 1. The largest absolute Gasteiger partial charge is 0.385 e. The summed E-state index contributed by atoms with van der Waals surface area (Å²) in [4.78, 5) is 5.68. The lowest BCUT2D eigenvalue weighted by Gasteiger charge is -2.24. The Hall–Kier alpha value is -0.450. The molecule has 0 atom stereocenters. The fraction of sp³-hybridized carbons (Fsp3) is 0.769. The summed E-state index contributed by atoms with van der Waals surface area (Å²) in [7, 11) is 1.76. The van der Waals surface area contributed by atoms with Gasteiger partial charge >= 0.3 is 0 Å². The zero-order valence-electron chi connectivity index (χ0n) is 11.4. The third-order valence-corrected chi connectivity index (χ3v) is 3.93. The van der Waals surface area contributed by atoms with Gasteiger partial charge in [-0.2, -0.15) is 0 Å². The Labute approximate surface area is 109 Å². The Morgan fingerprint density at radius 3 is 2.82 bits per heavy atom. The SMILES string of the molecule is CCc1ncc(CNCC(C)(C)CCOC)s1. The maximum Gasteiger partial charge on any atom is 0.0925 e. The van der Waals surface area contributed by atoms with Gasteiger partial charge in [-0.3, -0.25) is 0 Å². The highest BCUT2D eigenvalue weighted by atomic mass is 32.1. The van der Waals surface area contributed by atoms with Gasteiger partial charge in [0.15, 0.2) is 0 Å². The molecule has 0 aromatic carbocycles. The van der Waals surface area contributed by atoms with Crippen LogP contribution in [0.5, 0.6) is 0 Å². The Bertz CT molecular complexity index is 323. The molecule has 1 rings (SSSR count). The van der Waals surface area contributed by atoms with Gasteiger partial charge in [0.05, 0.1) is 5.01 Å². The van der Waals surface area contributed by atoms with E-state index in [0.717, 1.165) is 32.5 Å². The number of thiazole rings is 1. The van der Waals surface area contributed by atoms with E-state index in [0.29, 0.717) is 0 Å². The third-order valence-electron chi connectivity index (χ3n) is 2.79. The van der Waals surface area contributed by atoms with Gasteiger partial charge in [0.1, 0.15) is 0 Å². The van der Waals surface area contributed by atoms with Gasteiger partial charge < -0.3 is 10.1 Å². The molecular weight excluding hydrogens is 232 g/mol. The van der Waals surface area contributed by atoms with Gasteiger partial charge in [-0.05, 0) is 18.3 Å². The van der Waals surface area contributed by atoms with E-state index in [1.807, 2.05) is 6.20 Å². The van der Waals surface area contributed by atoms with Crippen LogP contribution in [0.2, 0.25) is 0 Å². The fourth-order valence-corrected chi connectivity index (χ4v) is 2.42. The third kappa shape index (κ3) is 5.61. The molecule has 0 saturated heterocycles. The first-order valence-corrected chi connectivity index (χ1v) is 7.02. The summed E-state index contributed by atoms with van der Waals surface area (Å²) < 4.78 is 5.12. The van der Waals surface area contributed by atoms with Gasteiger partial charge in [-0.15, -0.1) is 11.3 Å². The van der Waals surface area contributed by atoms with Crippen LogP contribution in [-0.4, -0.2) is 25.2 Å². The summed E-state index contributed by atoms with van der Waals surface area (Å²) in [5, 5.41) is 4.73. The molecule has 17 heavy (non-hydrogen) atoms. The number of hydrogen-bond donors (Lipinski definition) is 1. The number of aryl methyl sites for hydroxylation is 1. The molecule has 3 nitrogen and oxygen atoms in total. The summed E-state index contributed by atoms with van der Waals surface area (Å²) in [6.45, 7) is 9.44. The summed E-state index contributed by atoms with van der Waals surface area (Å²) in [6.07, 6.45) is 4.10. The van der Waals surface area contributed by atoms with Crippen LogP contribution in [0.4, 0.5) is 0 Å². The Morgan fingerprint density at radius 1 is 1.47 bits per heavy atom. The van der Waals surface area contributed by atoms with E-state index in [1.165, 1.54) is 9.88 Å². The minimum atomic E-state index is 0.286. The van der Waals surface area contributed by atoms with Crippen molar-refractivity contribution in [2.45, 2.75) is 40.2 Å². The lowest BCUT2D eigenvalue weighted by Crippen LogP contribution is -2.29. The first-order valence-electron chi connectivity index (χ1n) is 6.20. The quantitative estimate of drug-likeness (QED) is 0.776. The van der Waals surface area contributed by atoms with Crippen LogP contribution in [0.3, 0.4) is 0 Å². The number of nitrogens with one attached hydrogen (secondary N) is 1. The second kappa shape index (κ2) is 7.09. The van der Waals surface area contributed by atoms with E-state index in [4.69, 9.17) is 4.74 Å². The van der Waals surface area contributed by atoms with E-state index < -0.39 is 0 Å². The number of ether oxygens (including phenoxy) is 1. The summed E-state index contributed by atoms with van der Waals surface area (Å²) in [5.41, 5.74) is 0.286. The molecule has 0 amide bonds. The Morgan fingerprint density at radius 2 is 2.24 bits per heavy atom. The van der Waals surface area contributed by atoms with Gasteiger partial charge in [0.25, 0.3) is 0 Å². The van der Waals surface area contributed by atoms with Crippen molar-refractivity contribution in [2.75, 3.05) is 20.3 Å². The lowest BCUT2D eigenvalue weighted by molar-refractivity contribution is 0.150. The van der Waals surface area contributed by atoms with E-state index in [9.17, 15) is 0 Å². The second-order valence-corrected chi connectivity index (χ2v) is 6.28. The zero-order valence-corrected chi connectivity index (χ0v) is 12.2. The minimum absolute atomic E-state index is 0.286. The lowest BCUT2D eigenvalue weighted by atomic mass is 9.90. The number of methoxy groups -OCH3 is 1. The molecule has 0 aliphatic heterocycles. The van der Waals surface area contributed by atoms with Crippen molar-refractivity contribution in [2.24, 2.45) is 5.41 Å². The predicted molar refractivity (Wildman–Crippen MR) is 73.5 cm³/mol. The second-order valence-electron chi connectivity index (χ2n) is 5.08. The van der Waals surface area contributed by atoms with Crippen LogP contribution < -0.4 is 5.32 Å². The fourth-order valence-electron chi connectivity index (χ4n) is 1.58.